The number of hydrogen-bond acceptors (Lipinski definition) is 3. The number of anilines is 1. The molecule has 0 unspecified atom stereocenters. The van der Waals surface area contributed by atoms with E-state index in [-0.39, 0.29) is 5.91 Å². The van der Waals surface area contributed by atoms with Crippen LogP contribution in [0.2, 0.25) is 0 Å². The molecule has 1 heterocycles. The van der Waals surface area contributed by atoms with E-state index in [0.717, 1.165) is 17.8 Å². The first-order valence-corrected chi connectivity index (χ1v) is 7.26. The molecule has 1 aromatic carbocycles. The maximum Gasteiger partial charge on any atom is 0.257 e. The van der Waals surface area contributed by atoms with Gasteiger partial charge in [0.25, 0.3) is 5.91 Å². The number of nitrogens with one attached hydrogen (secondary N) is 2. The topological polar surface area (TPSA) is 54.0 Å². The number of benzene rings is 1. The van der Waals surface area contributed by atoms with Crippen molar-refractivity contribution in [3.8, 4) is 0 Å². The molecule has 0 atom stereocenters. The number of carbonyl (C=O) groups excluding carboxylic acids is 1. The molecule has 0 saturated heterocycles. The molecule has 3 rings (SSSR count). The lowest BCUT2D eigenvalue weighted by Gasteiger charge is -2.08. The Balaban J connectivity index is 1.66. The Morgan fingerprint density at radius 1 is 1.29 bits per heavy atom. The van der Waals surface area contributed by atoms with Gasteiger partial charge in [-0.25, -0.2) is 0 Å². The van der Waals surface area contributed by atoms with Crippen LogP contribution in [0.4, 0.5) is 5.69 Å². The molecular formula is C17H19N3O. The third kappa shape index (κ3) is 3.89. The second-order valence-electron chi connectivity index (χ2n) is 5.56. The van der Waals surface area contributed by atoms with Crippen molar-refractivity contribution in [1.29, 1.82) is 0 Å². The van der Waals surface area contributed by atoms with Crippen molar-refractivity contribution in [3.63, 3.8) is 0 Å². The van der Waals surface area contributed by atoms with E-state index in [9.17, 15) is 4.79 Å². The van der Waals surface area contributed by atoms with E-state index < -0.39 is 0 Å². The zero-order valence-electron chi connectivity index (χ0n) is 12.1. The van der Waals surface area contributed by atoms with Gasteiger partial charge in [0.1, 0.15) is 0 Å². The van der Waals surface area contributed by atoms with Crippen LogP contribution in [0.5, 0.6) is 0 Å². The fourth-order valence-corrected chi connectivity index (χ4v) is 2.19. The van der Waals surface area contributed by atoms with E-state index >= 15 is 0 Å². The van der Waals surface area contributed by atoms with Gasteiger partial charge < -0.3 is 10.6 Å². The van der Waals surface area contributed by atoms with Crippen molar-refractivity contribution in [3.05, 3.63) is 59.4 Å². The van der Waals surface area contributed by atoms with Gasteiger partial charge in [0.2, 0.25) is 0 Å². The largest absolute Gasteiger partial charge is 0.322 e. The van der Waals surface area contributed by atoms with Gasteiger partial charge in [-0.05, 0) is 49.1 Å². The highest BCUT2D eigenvalue weighted by Gasteiger charge is 2.19. The van der Waals surface area contributed by atoms with Crippen LogP contribution in [0.15, 0.2) is 42.7 Å². The van der Waals surface area contributed by atoms with Crippen molar-refractivity contribution >= 4 is 11.6 Å². The molecule has 21 heavy (non-hydrogen) atoms. The Morgan fingerprint density at radius 3 is 2.90 bits per heavy atom. The van der Waals surface area contributed by atoms with Crippen LogP contribution in [0.1, 0.15) is 34.3 Å². The summed E-state index contributed by atoms with van der Waals surface area (Å²) in [6, 6.07) is 10.5. The molecule has 1 aliphatic carbocycles. The van der Waals surface area contributed by atoms with Gasteiger partial charge in [0.05, 0.1) is 5.56 Å². The fraction of sp³-hybridized carbons (Fsp3) is 0.294. The summed E-state index contributed by atoms with van der Waals surface area (Å²) in [6.07, 6.45) is 5.87. The Hall–Kier alpha value is -2.20. The summed E-state index contributed by atoms with van der Waals surface area (Å²) in [5.74, 6) is -0.126. The lowest BCUT2D eigenvalue weighted by atomic mass is 10.1. The first-order valence-electron chi connectivity index (χ1n) is 7.26. The summed E-state index contributed by atoms with van der Waals surface area (Å²) in [5.41, 5.74) is 3.56. The highest BCUT2D eigenvalue weighted by atomic mass is 16.1. The van der Waals surface area contributed by atoms with Gasteiger partial charge in [-0.2, -0.15) is 0 Å². The van der Waals surface area contributed by atoms with Crippen molar-refractivity contribution in [2.75, 3.05) is 5.32 Å². The second kappa shape index (κ2) is 6.06. The Bertz CT molecular complexity index is 650. The van der Waals surface area contributed by atoms with Gasteiger partial charge in [-0.3, -0.25) is 9.78 Å². The molecule has 1 saturated carbocycles. The highest BCUT2D eigenvalue weighted by Crippen LogP contribution is 2.20. The van der Waals surface area contributed by atoms with Crippen LogP contribution in [0, 0.1) is 6.92 Å². The van der Waals surface area contributed by atoms with Crippen molar-refractivity contribution < 1.29 is 4.79 Å². The van der Waals surface area contributed by atoms with Crippen molar-refractivity contribution in [2.45, 2.75) is 32.4 Å². The minimum absolute atomic E-state index is 0.126. The zero-order valence-corrected chi connectivity index (χ0v) is 12.1. The maximum atomic E-state index is 12.2. The highest BCUT2D eigenvalue weighted by molar-refractivity contribution is 6.04. The Labute approximate surface area is 124 Å². The van der Waals surface area contributed by atoms with Crippen molar-refractivity contribution in [2.24, 2.45) is 0 Å². The van der Waals surface area contributed by atoms with Gasteiger partial charge in [0, 0.05) is 30.7 Å². The molecule has 4 heteroatoms. The molecule has 0 radical (unpaired) electrons. The average Bonchev–Trinajstić information content (AvgIpc) is 3.30. The van der Waals surface area contributed by atoms with Crippen LogP contribution in [0.25, 0.3) is 0 Å². The number of nitrogens with zero attached hydrogens (tertiary/aromatic N) is 1. The van der Waals surface area contributed by atoms with Crippen LogP contribution in [0.3, 0.4) is 0 Å². The summed E-state index contributed by atoms with van der Waals surface area (Å²) in [5, 5.41) is 6.39. The minimum atomic E-state index is -0.126. The number of carbonyl (C=O) groups is 1. The van der Waals surface area contributed by atoms with E-state index in [2.05, 4.69) is 21.7 Å². The number of aryl methyl sites for hydroxylation is 1. The van der Waals surface area contributed by atoms with E-state index in [4.69, 9.17) is 0 Å². The molecule has 0 bridgehead atoms. The normalized spacial score (nSPS) is 14.0. The Kier molecular flexibility index (Phi) is 3.97. The van der Waals surface area contributed by atoms with Gasteiger partial charge in [0.15, 0.2) is 0 Å². The van der Waals surface area contributed by atoms with E-state index in [0.29, 0.717) is 11.6 Å². The third-order valence-electron chi connectivity index (χ3n) is 3.49. The predicted octanol–water partition coefficient (Wildman–Crippen LogP) is 2.89. The number of amides is 1. The molecule has 0 aliphatic heterocycles. The summed E-state index contributed by atoms with van der Waals surface area (Å²) < 4.78 is 0. The summed E-state index contributed by atoms with van der Waals surface area (Å²) in [7, 11) is 0. The molecule has 4 nitrogen and oxygen atoms in total. The monoisotopic (exact) mass is 281 g/mol. The van der Waals surface area contributed by atoms with E-state index in [1.54, 1.807) is 12.4 Å². The number of aromatic nitrogens is 1. The minimum Gasteiger partial charge on any atom is -0.322 e. The summed E-state index contributed by atoms with van der Waals surface area (Å²) in [4.78, 5) is 16.2. The van der Waals surface area contributed by atoms with E-state index in [1.165, 1.54) is 18.4 Å². The third-order valence-corrected chi connectivity index (χ3v) is 3.49. The predicted molar refractivity (Wildman–Crippen MR) is 83.2 cm³/mol. The maximum absolute atomic E-state index is 12.2. The zero-order chi connectivity index (χ0) is 14.7. The first kappa shape index (κ1) is 13.8. The quantitative estimate of drug-likeness (QED) is 0.886. The molecular weight excluding hydrogens is 262 g/mol. The second-order valence-corrected chi connectivity index (χ2v) is 5.56. The van der Waals surface area contributed by atoms with Crippen LogP contribution in [-0.2, 0) is 6.54 Å². The van der Waals surface area contributed by atoms with Crippen LogP contribution >= 0.6 is 0 Å². The van der Waals surface area contributed by atoms with Crippen molar-refractivity contribution in [1.82, 2.24) is 10.3 Å². The van der Waals surface area contributed by atoms with Gasteiger partial charge in [-0.1, -0.05) is 12.1 Å². The summed E-state index contributed by atoms with van der Waals surface area (Å²) in [6.45, 7) is 2.77. The van der Waals surface area contributed by atoms with E-state index in [1.807, 2.05) is 31.2 Å². The molecule has 2 aromatic rings. The fourth-order valence-electron chi connectivity index (χ4n) is 2.19. The van der Waals surface area contributed by atoms with Crippen LogP contribution < -0.4 is 10.6 Å². The number of pyridine rings is 1. The molecule has 1 fully saturated rings. The number of rotatable bonds is 5. The molecule has 0 spiro atoms. The lowest BCUT2D eigenvalue weighted by molar-refractivity contribution is 0.102. The number of hydrogen-bond donors (Lipinski definition) is 2. The molecule has 1 aliphatic rings. The molecule has 2 N–H and O–H groups in total. The molecule has 1 amide bonds. The standard InChI is InChI=1S/C17H19N3O/c1-12-7-14(11-18-9-12)17(21)20-16-4-2-3-13(8-16)10-19-15-5-6-15/h2-4,7-9,11,15,19H,5-6,10H2,1H3,(H,20,21). The lowest BCUT2D eigenvalue weighted by Crippen LogP contribution is -2.16. The summed E-state index contributed by atoms with van der Waals surface area (Å²) >= 11 is 0. The smallest absolute Gasteiger partial charge is 0.257 e. The average molecular weight is 281 g/mol. The van der Waals surface area contributed by atoms with Gasteiger partial charge >= 0.3 is 0 Å². The molecule has 1 aromatic heterocycles. The van der Waals surface area contributed by atoms with Gasteiger partial charge in [-0.15, -0.1) is 0 Å². The Morgan fingerprint density at radius 2 is 2.14 bits per heavy atom. The van der Waals surface area contributed by atoms with Crippen LogP contribution in [-0.4, -0.2) is 16.9 Å². The SMILES string of the molecule is Cc1cncc(C(=O)Nc2cccc(CNC3CC3)c2)c1. The molecule has 108 valence electrons. The first-order chi connectivity index (χ1) is 10.2.